The van der Waals surface area contributed by atoms with E-state index in [0.29, 0.717) is 4.88 Å². The summed E-state index contributed by atoms with van der Waals surface area (Å²) in [5.74, 6) is 4.35. The van der Waals surface area contributed by atoms with Gasteiger partial charge in [-0.2, -0.15) is 0 Å². The molecule has 0 saturated carbocycles. The minimum atomic E-state index is -0.716. The maximum absolute atomic E-state index is 11.8. The van der Waals surface area contributed by atoms with Crippen LogP contribution >= 0.6 is 11.3 Å². The lowest BCUT2D eigenvalue weighted by Gasteiger charge is -2.08. The van der Waals surface area contributed by atoms with E-state index in [2.05, 4.69) is 17.2 Å². The Morgan fingerprint density at radius 1 is 1.61 bits per heavy atom. The van der Waals surface area contributed by atoms with Crippen LogP contribution in [-0.4, -0.2) is 29.6 Å². The number of nitrogens with two attached hydrogens (primary N) is 1. The van der Waals surface area contributed by atoms with Crippen LogP contribution in [0.2, 0.25) is 0 Å². The van der Waals surface area contributed by atoms with Gasteiger partial charge < -0.3 is 16.2 Å². The molecule has 6 heteroatoms. The molecule has 5 nitrogen and oxygen atoms in total. The Morgan fingerprint density at radius 3 is 2.83 bits per heavy atom. The van der Waals surface area contributed by atoms with Gasteiger partial charge in [-0.05, 0) is 25.5 Å². The number of primary amides is 1. The Labute approximate surface area is 109 Å². The second-order valence-corrected chi connectivity index (χ2v) is 4.73. The lowest BCUT2D eigenvalue weighted by atomic mass is 10.2. The summed E-state index contributed by atoms with van der Waals surface area (Å²) in [6.45, 7) is 3.12. The van der Waals surface area contributed by atoms with Gasteiger partial charge in [0.15, 0.2) is 0 Å². The highest BCUT2D eigenvalue weighted by atomic mass is 32.1. The molecule has 0 aliphatic heterocycles. The summed E-state index contributed by atoms with van der Waals surface area (Å²) in [6, 6.07) is 0.974. The van der Waals surface area contributed by atoms with E-state index in [0.717, 1.165) is 10.4 Å². The highest BCUT2D eigenvalue weighted by molar-refractivity contribution is 7.14. The van der Waals surface area contributed by atoms with Crippen molar-refractivity contribution in [1.82, 2.24) is 5.32 Å². The Morgan fingerprint density at radius 2 is 2.28 bits per heavy atom. The molecule has 18 heavy (non-hydrogen) atoms. The fourth-order valence-electron chi connectivity index (χ4n) is 1.18. The summed E-state index contributed by atoms with van der Waals surface area (Å²) in [7, 11) is 0. The summed E-state index contributed by atoms with van der Waals surface area (Å²) in [5.41, 5.74) is 5.92. The van der Waals surface area contributed by atoms with Gasteiger partial charge >= 0.3 is 0 Å². The smallest absolute Gasteiger partial charge is 0.262 e. The minimum absolute atomic E-state index is 0.225. The maximum atomic E-state index is 11.8. The van der Waals surface area contributed by atoms with Crippen LogP contribution in [0.5, 0.6) is 0 Å². The Kier molecular flexibility index (Phi) is 4.89. The lowest BCUT2D eigenvalue weighted by molar-refractivity contribution is -0.119. The molecular formula is C12H14N2O3S. The number of amides is 2. The first-order valence-electron chi connectivity index (χ1n) is 5.26. The molecule has 0 fully saturated rings. The van der Waals surface area contributed by atoms with Crippen molar-refractivity contribution in [1.29, 1.82) is 0 Å². The van der Waals surface area contributed by atoms with Gasteiger partial charge in [0.05, 0.1) is 9.75 Å². The predicted molar refractivity (Wildman–Crippen MR) is 69.1 cm³/mol. The molecule has 1 atom stereocenters. The van der Waals surface area contributed by atoms with Crippen LogP contribution in [0.3, 0.4) is 0 Å². The van der Waals surface area contributed by atoms with Crippen molar-refractivity contribution in [2.75, 3.05) is 6.61 Å². The molecule has 1 aromatic heterocycles. The molecule has 1 aromatic rings. The minimum Gasteiger partial charge on any atom is -0.384 e. The Bertz CT molecular complexity index is 525. The Hall–Kier alpha value is -1.84. The normalized spacial score (nSPS) is 11.3. The summed E-state index contributed by atoms with van der Waals surface area (Å²) in [6.07, 6.45) is 0. The van der Waals surface area contributed by atoms with Crippen LogP contribution in [0.25, 0.3) is 0 Å². The van der Waals surface area contributed by atoms with Crippen molar-refractivity contribution < 1.29 is 14.7 Å². The first kappa shape index (κ1) is 14.2. The molecule has 96 valence electrons. The maximum Gasteiger partial charge on any atom is 0.262 e. The number of carbonyl (C=O) groups is 2. The van der Waals surface area contributed by atoms with Crippen LogP contribution in [0.4, 0.5) is 0 Å². The predicted octanol–water partition coefficient (Wildman–Crippen LogP) is 0.00392. The van der Waals surface area contributed by atoms with Crippen molar-refractivity contribution in [2.24, 2.45) is 5.73 Å². The molecule has 4 N–H and O–H groups in total. The average molecular weight is 266 g/mol. The number of carbonyl (C=O) groups excluding carboxylic acids is 2. The SMILES string of the molecule is Cc1cc(C(=O)NC(C)C(N)=O)sc1C#CCO. The number of rotatable bonds is 3. The molecule has 0 radical (unpaired) electrons. The van der Waals surface area contributed by atoms with E-state index in [1.165, 1.54) is 18.3 Å². The summed E-state index contributed by atoms with van der Waals surface area (Å²) in [5, 5.41) is 11.1. The van der Waals surface area contributed by atoms with E-state index in [1.54, 1.807) is 6.07 Å². The summed E-state index contributed by atoms with van der Waals surface area (Å²) >= 11 is 1.21. The van der Waals surface area contributed by atoms with Crippen LogP contribution < -0.4 is 11.1 Å². The quantitative estimate of drug-likeness (QED) is 0.673. The number of aliphatic hydroxyl groups is 1. The molecule has 0 bridgehead atoms. The van der Waals surface area contributed by atoms with Gasteiger partial charge in [0.25, 0.3) is 5.91 Å². The van der Waals surface area contributed by atoms with Gasteiger partial charge in [0.2, 0.25) is 5.91 Å². The third-order valence-corrected chi connectivity index (χ3v) is 3.35. The topological polar surface area (TPSA) is 92.4 Å². The zero-order chi connectivity index (χ0) is 13.7. The molecule has 1 rings (SSSR count). The van der Waals surface area contributed by atoms with E-state index >= 15 is 0 Å². The van der Waals surface area contributed by atoms with E-state index in [4.69, 9.17) is 10.8 Å². The highest BCUT2D eigenvalue weighted by Crippen LogP contribution is 2.20. The van der Waals surface area contributed by atoms with Crippen molar-refractivity contribution in [3.63, 3.8) is 0 Å². The molecule has 1 unspecified atom stereocenters. The van der Waals surface area contributed by atoms with E-state index in [1.807, 2.05) is 6.92 Å². The van der Waals surface area contributed by atoms with Crippen LogP contribution in [0, 0.1) is 18.8 Å². The van der Waals surface area contributed by atoms with E-state index in [9.17, 15) is 9.59 Å². The first-order valence-corrected chi connectivity index (χ1v) is 6.07. The highest BCUT2D eigenvalue weighted by Gasteiger charge is 2.16. The first-order chi connectivity index (χ1) is 8.45. The van der Waals surface area contributed by atoms with Gasteiger partial charge in [-0.1, -0.05) is 11.8 Å². The zero-order valence-electron chi connectivity index (χ0n) is 10.1. The van der Waals surface area contributed by atoms with Gasteiger partial charge in [0, 0.05) is 0 Å². The third kappa shape index (κ3) is 3.58. The van der Waals surface area contributed by atoms with Gasteiger partial charge in [-0.3, -0.25) is 9.59 Å². The van der Waals surface area contributed by atoms with Crippen LogP contribution in [0.1, 0.15) is 27.0 Å². The third-order valence-electron chi connectivity index (χ3n) is 2.20. The molecular weight excluding hydrogens is 252 g/mol. The lowest BCUT2D eigenvalue weighted by Crippen LogP contribution is -2.41. The second-order valence-electron chi connectivity index (χ2n) is 3.68. The molecule has 0 aliphatic carbocycles. The number of hydrogen-bond donors (Lipinski definition) is 3. The van der Waals surface area contributed by atoms with Gasteiger partial charge in [-0.25, -0.2) is 0 Å². The number of thiophene rings is 1. The molecule has 0 aromatic carbocycles. The van der Waals surface area contributed by atoms with E-state index < -0.39 is 11.9 Å². The number of aryl methyl sites for hydroxylation is 1. The fourth-order valence-corrected chi connectivity index (χ4v) is 2.13. The van der Waals surface area contributed by atoms with E-state index in [-0.39, 0.29) is 12.5 Å². The summed E-state index contributed by atoms with van der Waals surface area (Å²) in [4.78, 5) is 23.8. The van der Waals surface area contributed by atoms with Gasteiger partial charge in [-0.15, -0.1) is 11.3 Å². The fraction of sp³-hybridized carbons (Fsp3) is 0.333. The van der Waals surface area contributed by atoms with Crippen molar-refractivity contribution in [3.8, 4) is 11.8 Å². The molecule has 2 amide bonds. The zero-order valence-corrected chi connectivity index (χ0v) is 10.9. The number of nitrogens with one attached hydrogen (secondary N) is 1. The van der Waals surface area contributed by atoms with Crippen LogP contribution in [0.15, 0.2) is 6.07 Å². The van der Waals surface area contributed by atoms with Crippen molar-refractivity contribution >= 4 is 23.2 Å². The van der Waals surface area contributed by atoms with Gasteiger partial charge in [0.1, 0.15) is 12.6 Å². The molecule has 1 heterocycles. The number of aliphatic hydroxyl groups excluding tert-OH is 1. The van der Waals surface area contributed by atoms with Crippen LogP contribution in [-0.2, 0) is 4.79 Å². The Balaban J connectivity index is 2.85. The standard InChI is InChI=1S/C12H14N2O3S/c1-7-6-10(18-9(7)4-3-5-15)12(17)14-8(2)11(13)16/h6,8,15H,5H2,1-2H3,(H2,13,16)(H,14,17). The second kappa shape index (κ2) is 6.19. The molecule has 0 saturated heterocycles. The summed E-state index contributed by atoms with van der Waals surface area (Å²) < 4.78 is 0. The number of hydrogen-bond acceptors (Lipinski definition) is 4. The molecule has 0 spiro atoms. The average Bonchev–Trinajstić information content (AvgIpc) is 2.68. The largest absolute Gasteiger partial charge is 0.384 e. The van der Waals surface area contributed by atoms with Crippen molar-refractivity contribution in [2.45, 2.75) is 19.9 Å². The van der Waals surface area contributed by atoms with Crippen molar-refractivity contribution in [3.05, 3.63) is 21.4 Å². The molecule has 0 aliphatic rings. The monoisotopic (exact) mass is 266 g/mol.